The summed E-state index contributed by atoms with van der Waals surface area (Å²) in [6, 6.07) is 5.17. The van der Waals surface area contributed by atoms with E-state index in [0.717, 1.165) is 22.6 Å². The first kappa shape index (κ1) is 21.3. The summed E-state index contributed by atoms with van der Waals surface area (Å²) in [6.07, 6.45) is 2.41. The molecule has 1 amide bonds. The molecule has 2 fully saturated rings. The molecule has 0 aromatic carbocycles. The Hall–Kier alpha value is -1.91. The van der Waals surface area contributed by atoms with Gasteiger partial charge in [0.25, 0.3) is 0 Å². The van der Waals surface area contributed by atoms with E-state index < -0.39 is 22.7 Å². The minimum atomic E-state index is -2.81. The van der Waals surface area contributed by atoms with Gasteiger partial charge >= 0.3 is 0 Å². The molecule has 2 atom stereocenters. The van der Waals surface area contributed by atoms with Gasteiger partial charge in [-0.1, -0.05) is 17.7 Å². The quantitative estimate of drug-likeness (QED) is 0.653. The third-order valence-electron chi connectivity index (χ3n) is 5.82. The van der Waals surface area contributed by atoms with Crippen molar-refractivity contribution < 1.29 is 19.0 Å². The highest BCUT2D eigenvalue weighted by Gasteiger charge is 2.44. The van der Waals surface area contributed by atoms with Crippen molar-refractivity contribution in [2.75, 3.05) is 36.5 Å². The van der Waals surface area contributed by atoms with Gasteiger partial charge in [0.15, 0.2) is 0 Å². The minimum absolute atomic E-state index is 0.0262. The maximum absolute atomic E-state index is 12.8. The van der Waals surface area contributed by atoms with Crippen molar-refractivity contribution in [2.45, 2.75) is 19.1 Å². The number of amides is 1. The van der Waals surface area contributed by atoms with Crippen molar-refractivity contribution in [1.82, 2.24) is 14.9 Å². The first-order valence-electron chi connectivity index (χ1n) is 9.67. The van der Waals surface area contributed by atoms with Crippen molar-refractivity contribution >= 4 is 33.9 Å². The summed E-state index contributed by atoms with van der Waals surface area (Å²) < 4.78 is 19.7. The van der Waals surface area contributed by atoms with E-state index >= 15 is 0 Å². The Kier molecular flexibility index (Phi) is 5.67. The number of aliphatic hydroxyl groups is 1. The first-order valence-corrected chi connectivity index (χ1v) is 11.9. The van der Waals surface area contributed by atoms with E-state index in [1.54, 1.807) is 19.4 Å². The van der Waals surface area contributed by atoms with E-state index in [0.29, 0.717) is 18.1 Å². The number of anilines is 1. The number of aliphatic hydroxyl groups excluding tert-OH is 1. The molecule has 3 N–H and O–H groups in total. The number of pyridine rings is 2. The van der Waals surface area contributed by atoms with Crippen LogP contribution in [0.25, 0.3) is 11.3 Å². The molecule has 2 aliphatic rings. The summed E-state index contributed by atoms with van der Waals surface area (Å²) in [4.78, 5) is 25.1. The predicted octanol–water partition coefficient (Wildman–Crippen LogP) is 2.49. The van der Waals surface area contributed by atoms with Crippen LogP contribution >= 0.6 is 22.2 Å². The molecule has 0 saturated carbocycles. The minimum Gasteiger partial charge on any atom is -0.389 e. The monoisotopic (exact) mass is 452 g/mol. The van der Waals surface area contributed by atoms with Gasteiger partial charge in [0, 0.05) is 38.1 Å². The Morgan fingerprint density at radius 3 is 2.67 bits per heavy atom. The van der Waals surface area contributed by atoms with E-state index in [9.17, 15) is 19.0 Å². The summed E-state index contributed by atoms with van der Waals surface area (Å²) in [5.74, 6) is 0.333. The Balaban J connectivity index is 1.44. The Labute approximate surface area is 181 Å². The average molecular weight is 453 g/mol. The molecule has 0 unspecified atom stereocenters. The smallest absolute Gasteiger partial charge is 0.229 e. The predicted molar refractivity (Wildman–Crippen MR) is 118 cm³/mol. The molecule has 162 valence electrons. The average Bonchev–Trinajstić information content (AvgIpc) is 2.94. The van der Waals surface area contributed by atoms with Gasteiger partial charge in [-0.3, -0.25) is 18.9 Å². The highest BCUT2D eigenvalue weighted by Crippen LogP contribution is 2.47. The summed E-state index contributed by atoms with van der Waals surface area (Å²) in [6.45, 7) is 2.97. The van der Waals surface area contributed by atoms with Gasteiger partial charge < -0.3 is 14.9 Å². The van der Waals surface area contributed by atoms with Crippen LogP contribution in [0.5, 0.6) is 0 Å². The van der Waals surface area contributed by atoms with Crippen LogP contribution < -0.4 is 4.90 Å². The number of hydrogen-bond acceptors (Lipinski definition) is 7. The van der Waals surface area contributed by atoms with Gasteiger partial charge in [-0.05, 0) is 24.6 Å². The van der Waals surface area contributed by atoms with Crippen LogP contribution in [0.15, 0.2) is 30.6 Å². The standard InChI is InChI=1S/C20H25ClN4O4S/c1-12-4-3-5-22-19(12)14-6-18(23-7-15(14)21)25-8-13(9-25)20(27)24(2)16-10-30(28,29)11-17(16)26/h3-7,13,16-17,26,28-29H,8-11H2,1-2H3/t16-,17-/m1/s1. The molecule has 0 radical (unpaired) electrons. The van der Waals surface area contributed by atoms with E-state index in [2.05, 4.69) is 9.97 Å². The van der Waals surface area contributed by atoms with Gasteiger partial charge in [-0.15, -0.1) is 0 Å². The van der Waals surface area contributed by atoms with Gasteiger partial charge in [-0.2, -0.15) is 10.6 Å². The van der Waals surface area contributed by atoms with Crippen LogP contribution in [-0.2, 0) is 4.79 Å². The Morgan fingerprint density at radius 2 is 2.03 bits per heavy atom. The van der Waals surface area contributed by atoms with Crippen molar-refractivity contribution in [3.8, 4) is 11.3 Å². The number of carbonyl (C=O) groups is 1. The van der Waals surface area contributed by atoms with Crippen LogP contribution in [0.3, 0.4) is 0 Å². The van der Waals surface area contributed by atoms with E-state index in [1.165, 1.54) is 4.90 Å². The fourth-order valence-corrected chi connectivity index (χ4v) is 6.12. The van der Waals surface area contributed by atoms with Crippen molar-refractivity contribution in [2.24, 2.45) is 5.92 Å². The fraction of sp³-hybridized carbons (Fsp3) is 0.450. The number of aryl methyl sites for hydroxylation is 1. The van der Waals surface area contributed by atoms with Crippen molar-refractivity contribution in [3.05, 3.63) is 41.2 Å². The number of aromatic nitrogens is 2. The number of rotatable bonds is 4. The number of nitrogens with zero attached hydrogens (tertiary/aromatic N) is 4. The number of hydrogen-bond donors (Lipinski definition) is 3. The Bertz CT molecular complexity index is 970. The molecular formula is C20H25ClN4O4S. The zero-order valence-corrected chi connectivity index (χ0v) is 18.3. The second-order valence-corrected chi connectivity index (χ2v) is 10.7. The molecule has 2 saturated heterocycles. The molecule has 30 heavy (non-hydrogen) atoms. The maximum Gasteiger partial charge on any atom is 0.229 e. The fourth-order valence-electron chi connectivity index (χ4n) is 4.03. The first-order chi connectivity index (χ1) is 14.2. The molecule has 2 aromatic heterocycles. The molecule has 2 aromatic rings. The largest absolute Gasteiger partial charge is 0.389 e. The van der Waals surface area contributed by atoms with Crippen molar-refractivity contribution in [1.29, 1.82) is 0 Å². The van der Waals surface area contributed by atoms with Crippen molar-refractivity contribution in [3.63, 3.8) is 0 Å². The second-order valence-electron chi connectivity index (χ2n) is 8.01. The van der Waals surface area contributed by atoms with Gasteiger partial charge in [0.05, 0.1) is 40.3 Å². The zero-order valence-electron chi connectivity index (χ0n) is 16.8. The lowest BCUT2D eigenvalue weighted by atomic mass is 9.97. The molecule has 10 heteroatoms. The third kappa shape index (κ3) is 4.00. The lowest BCUT2D eigenvalue weighted by Crippen LogP contribution is -2.57. The SMILES string of the molecule is Cc1cccnc1-c1cc(N2CC(C(=O)N(C)[C@@H]3CS(O)(O)C[C@H]3O)C2)ncc1Cl. The van der Waals surface area contributed by atoms with Crippen LogP contribution in [-0.4, -0.2) is 78.8 Å². The van der Waals surface area contributed by atoms with E-state index in [4.69, 9.17) is 11.6 Å². The molecule has 8 nitrogen and oxygen atoms in total. The molecule has 0 bridgehead atoms. The lowest BCUT2D eigenvalue weighted by molar-refractivity contribution is -0.138. The summed E-state index contributed by atoms with van der Waals surface area (Å²) in [5.41, 5.74) is 2.61. The second kappa shape index (κ2) is 7.97. The molecule has 4 rings (SSSR count). The number of halogens is 1. The molecule has 0 aliphatic carbocycles. The van der Waals surface area contributed by atoms with Crippen LogP contribution in [0.2, 0.25) is 5.02 Å². The van der Waals surface area contributed by atoms with Gasteiger partial charge in [0.2, 0.25) is 5.91 Å². The third-order valence-corrected chi connectivity index (χ3v) is 7.88. The zero-order chi connectivity index (χ0) is 21.6. The molecule has 4 heterocycles. The molecular weight excluding hydrogens is 428 g/mol. The number of likely N-dealkylation sites (N-methyl/N-ethyl adjacent to an activating group) is 1. The summed E-state index contributed by atoms with van der Waals surface area (Å²) in [5, 5.41) is 10.6. The van der Waals surface area contributed by atoms with Crippen LogP contribution in [0, 0.1) is 12.8 Å². The highest BCUT2D eigenvalue weighted by atomic mass is 35.5. The Morgan fingerprint density at radius 1 is 1.30 bits per heavy atom. The summed E-state index contributed by atoms with van der Waals surface area (Å²) >= 11 is 6.35. The molecule has 0 spiro atoms. The lowest BCUT2D eigenvalue weighted by Gasteiger charge is -2.42. The highest BCUT2D eigenvalue weighted by molar-refractivity contribution is 8.24. The van der Waals surface area contributed by atoms with Gasteiger partial charge in [-0.25, -0.2) is 4.98 Å². The number of carbonyl (C=O) groups excluding carboxylic acids is 1. The van der Waals surface area contributed by atoms with Crippen LogP contribution in [0.1, 0.15) is 5.56 Å². The normalized spacial score (nSPS) is 24.4. The molecule has 2 aliphatic heterocycles. The summed E-state index contributed by atoms with van der Waals surface area (Å²) in [7, 11) is -1.20. The maximum atomic E-state index is 12.8. The topological polar surface area (TPSA) is 110 Å². The van der Waals surface area contributed by atoms with Crippen LogP contribution in [0.4, 0.5) is 5.82 Å². The van der Waals surface area contributed by atoms with Gasteiger partial charge in [0.1, 0.15) is 5.82 Å². The van der Waals surface area contributed by atoms with E-state index in [-0.39, 0.29) is 23.3 Å². The van der Waals surface area contributed by atoms with E-state index in [1.807, 2.05) is 30.0 Å².